The van der Waals surface area contributed by atoms with Gasteiger partial charge in [0.15, 0.2) is 0 Å². The molecule has 1 aromatic rings. The summed E-state index contributed by atoms with van der Waals surface area (Å²) >= 11 is 0. The summed E-state index contributed by atoms with van der Waals surface area (Å²) in [6.45, 7) is 3.73. The van der Waals surface area contributed by atoms with Gasteiger partial charge in [-0.15, -0.1) is 0 Å². The van der Waals surface area contributed by atoms with E-state index in [1.807, 2.05) is 13.8 Å². The number of nitrogens with one attached hydrogen (secondary N) is 1. The van der Waals surface area contributed by atoms with E-state index in [0.717, 1.165) is 12.8 Å². The highest BCUT2D eigenvalue weighted by molar-refractivity contribution is 5.98. The first-order valence-corrected chi connectivity index (χ1v) is 6.97. The van der Waals surface area contributed by atoms with Crippen LogP contribution in [-0.2, 0) is 4.79 Å². The first-order valence-electron chi connectivity index (χ1n) is 6.97. The Morgan fingerprint density at radius 2 is 2.05 bits per heavy atom. The van der Waals surface area contributed by atoms with Crippen molar-refractivity contribution in [1.82, 2.24) is 0 Å². The van der Waals surface area contributed by atoms with Gasteiger partial charge in [0.05, 0.1) is 17.3 Å². The van der Waals surface area contributed by atoms with E-state index in [1.54, 1.807) is 6.07 Å². The second-order valence-electron chi connectivity index (χ2n) is 5.63. The van der Waals surface area contributed by atoms with Crippen LogP contribution in [0, 0.1) is 5.82 Å². The molecule has 5 heteroatoms. The van der Waals surface area contributed by atoms with Crippen molar-refractivity contribution in [2.75, 3.05) is 5.32 Å². The van der Waals surface area contributed by atoms with Crippen molar-refractivity contribution in [3.63, 3.8) is 0 Å². The van der Waals surface area contributed by atoms with Gasteiger partial charge >= 0.3 is 0 Å². The number of rotatable bonds is 4. The average Bonchev–Trinajstić information content (AvgIpc) is 2.80. The third-order valence-electron chi connectivity index (χ3n) is 3.51. The van der Waals surface area contributed by atoms with Crippen molar-refractivity contribution in [2.24, 2.45) is 5.73 Å². The van der Waals surface area contributed by atoms with Crippen LogP contribution in [0.1, 0.15) is 39.5 Å². The topological polar surface area (TPSA) is 64.3 Å². The Balaban J connectivity index is 2.08. The summed E-state index contributed by atoms with van der Waals surface area (Å²) in [6.07, 6.45) is 3.14. The molecule has 1 saturated carbocycles. The Bertz CT molecular complexity index is 497. The molecule has 0 aliphatic heterocycles. The number of amides is 1. The van der Waals surface area contributed by atoms with Crippen molar-refractivity contribution >= 4 is 11.6 Å². The summed E-state index contributed by atoms with van der Waals surface area (Å²) in [5.41, 5.74) is 5.32. The maximum absolute atomic E-state index is 13.9. The molecule has 0 aromatic heterocycles. The quantitative estimate of drug-likeness (QED) is 0.891. The zero-order valence-electron chi connectivity index (χ0n) is 11.9. The highest BCUT2D eigenvalue weighted by Gasteiger charge is 2.37. The fraction of sp³-hybridized carbons (Fsp3) is 0.533. The zero-order valence-corrected chi connectivity index (χ0v) is 11.9. The molecule has 2 rings (SSSR count). The standard InChI is InChI=1S/C15H21FN2O2/c1-10(2)20-11-5-6-13(12(16)9-11)18-14(19)15(17)7-3-4-8-15/h5-6,9-10H,3-4,7-8,17H2,1-2H3,(H,18,19). The van der Waals surface area contributed by atoms with Gasteiger partial charge in [-0.25, -0.2) is 4.39 Å². The van der Waals surface area contributed by atoms with Crippen LogP contribution in [-0.4, -0.2) is 17.6 Å². The summed E-state index contributed by atoms with van der Waals surface area (Å²) in [6, 6.07) is 4.41. The average molecular weight is 280 g/mol. The third kappa shape index (κ3) is 3.28. The molecule has 0 unspecified atom stereocenters. The van der Waals surface area contributed by atoms with Crippen LogP contribution in [0.15, 0.2) is 18.2 Å². The molecular weight excluding hydrogens is 259 g/mol. The largest absolute Gasteiger partial charge is 0.491 e. The number of halogens is 1. The predicted octanol–water partition coefficient (Wildman–Crippen LogP) is 2.82. The van der Waals surface area contributed by atoms with Gasteiger partial charge in [0.2, 0.25) is 5.91 Å². The van der Waals surface area contributed by atoms with E-state index in [4.69, 9.17) is 10.5 Å². The van der Waals surface area contributed by atoms with Gasteiger partial charge < -0.3 is 15.8 Å². The first-order chi connectivity index (χ1) is 9.40. The Kier molecular flexibility index (Phi) is 4.28. The normalized spacial score (nSPS) is 17.2. The fourth-order valence-corrected chi connectivity index (χ4v) is 2.42. The maximum atomic E-state index is 13.9. The lowest BCUT2D eigenvalue weighted by Gasteiger charge is -2.22. The summed E-state index contributed by atoms with van der Waals surface area (Å²) in [5.74, 6) is -0.386. The lowest BCUT2D eigenvalue weighted by molar-refractivity contribution is -0.121. The third-order valence-corrected chi connectivity index (χ3v) is 3.51. The molecule has 0 spiro atoms. The molecule has 1 aliphatic carbocycles. The summed E-state index contributed by atoms with van der Waals surface area (Å²) in [4.78, 5) is 12.1. The number of benzene rings is 1. The molecule has 1 aromatic carbocycles. The van der Waals surface area contributed by atoms with Crippen molar-refractivity contribution in [3.05, 3.63) is 24.0 Å². The molecule has 0 heterocycles. The minimum atomic E-state index is -0.862. The smallest absolute Gasteiger partial charge is 0.244 e. The minimum Gasteiger partial charge on any atom is -0.491 e. The summed E-state index contributed by atoms with van der Waals surface area (Å²) in [7, 11) is 0. The molecule has 20 heavy (non-hydrogen) atoms. The second-order valence-corrected chi connectivity index (χ2v) is 5.63. The Labute approximate surface area is 118 Å². The molecule has 0 saturated heterocycles. The van der Waals surface area contributed by atoms with E-state index in [0.29, 0.717) is 18.6 Å². The van der Waals surface area contributed by atoms with Crippen LogP contribution in [0.3, 0.4) is 0 Å². The fourth-order valence-electron chi connectivity index (χ4n) is 2.42. The van der Waals surface area contributed by atoms with Gasteiger partial charge in [0.25, 0.3) is 0 Å². The second kappa shape index (κ2) is 5.79. The number of hydrogen-bond acceptors (Lipinski definition) is 3. The Hall–Kier alpha value is -1.62. The molecule has 110 valence electrons. The van der Waals surface area contributed by atoms with E-state index < -0.39 is 11.4 Å². The molecule has 0 bridgehead atoms. The first kappa shape index (κ1) is 14.8. The molecule has 1 amide bonds. The number of carbonyl (C=O) groups excluding carboxylic acids is 1. The van der Waals surface area contributed by atoms with Gasteiger partial charge in [-0.3, -0.25) is 4.79 Å². The van der Waals surface area contributed by atoms with Crippen LogP contribution >= 0.6 is 0 Å². The van der Waals surface area contributed by atoms with Gasteiger partial charge in [-0.1, -0.05) is 12.8 Å². The van der Waals surface area contributed by atoms with Crippen molar-refractivity contribution < 1.29 is 13.9 Å². The van der Waals surface area contributed by atoms with E-state index >= 15 is 0 Å². The van der Waals surface area contributed by atoms with Gasteiger partial charge in [0.1, 0.15) is 11.6 Å². The molecule has 1 fully saturated rings. The van der Waals surface area contributed by atoms with Crippen LogP contribution in [0.4, 0.5) is 10.1 Å². The monoisotopic (exact) mass is 280 g/mol. The van der Waals surface area contributed by atoms with Crippen LogP contribution in [0.5, 0.6) is 5.75 Å². The zero-order chi connectivity index (χ0) is 14.8. The van der Waals surface area contributed by atoms with E-state index in [1.165, 1.54) is 12.1 Å². The number of carbonyl (C=O) groups is 1. The van der Waals surface area contributed by atoms with Gasteiger partial charge in [0, 0.05) is 6.07 Å². The van der Waals surface area contributed by atoms with Crippen molar-refractivity contribution in [3.8, 4) is 5.75 Å². The summed E-state index contributed by atoms with van der Waals surface area (Å²) < 4.78 is 19.3. The van der Waals surface area contributed by atoms with Crippen LogP contribution < -0.4 is 15.8 Å². The lowest BCUT2D eigenvalue weighted by atomic mass is 9.98. The SMILES string of the molecule is CC(C)Oc1ccc(NC(=O)C2(N)CCCC2)c(F)c1. The van der Waals surface area contributed by atoms with E-state index in [9.17, 15) is 9.18 Å². The molecule has 4 nitrogen and oxygen atoms in total. The number of ether oxygens (including phenoxy) is 1. The predicted molar refractivity (Wildman–Crippen MR) is 76.2 cm³/mol. The van der Waals surface area contributed by atoms with E-state index in [2.05, 4.69) is 5.32 Å². The highest BCUT2D eigenvalue weighted by atomic mass is 19.1. The van der Waals surface area contributed by atoms with Crippen molar-refractivity contribution in [1.29, 1.82) is 0 Å². The molecule has 3 N–H and O–H groups in total. The number of nitrogens with two attached hydrogens (primary N) is 1. The highest BCUT2D eigenvalue weighted by Crippen LogP contribution is 2.29. The summed E-state index contributed by atoms with van der Waals surface area (Å²) in [5, 5.41) is 2.58. The van der Waals surface area contributed by atoms with Crippen molar-refractivity contribution in [2.45, 2.75) is 51.2 Å². The molecule has 0 atom stereocenters. The van der Waals surface area contributed by atoms with Gasteiger partial charge in [-0.05, 0) is 38.8 Å². The van der Waals surface area contributed by atoms with Crippen LogP contribution in [0.25, 0.3) is 0 Å². The minimum absolute atomic E-state index is 0.0272. The molecule has 0 radical (unpaired) electrons. The molecular formula is C15H21FN2O2. The Morgan fingerprint density at radius 1 is 1.40 bits per heavy atom. The lowest BCUT2D eigenvalue weighted by Crippen LogP contribution is -2.48. The maximum Gasteiger partial charge on any atom is 0.244 e. The Morgan fingerprint density at radius 3 is 2.60 bits per heavy atom. The van der Waals surface area contributed by atoms with Crippen LogP contribution in [0.2, 0.25) is 0 Å². The molecule has 1 aliphatic rings. The van der Waals surface area contributed by atoms with Gasteiger partial charge in [-0.2, -0.15) is 0 Å². The number of anilines is 1. The van der Waals surface area contributed by atoms with E-state index in [-0.39, 0.29) is 17.7 Å². The number of hydrogen-bond donors (Lipinski definition) is 2.